The van der Waals surface area contributed by atoms with Crippen molar-refractivity contribution in [2.45, 2.75) is 43.1 Å². The van der Waals surface area contributed by atoms with Crippen LogP contribution in [0.15, 0.2) is 35.1 Å². The van der Waals surface area contributed by atoms with E-state index in [1.165, 1.54) is 19.6 Å². The predicted molar refractivity (Wildman–Crippen MR) is 97.2 cm³/mol. The number of sulfone groups is 1. The van der Waals surface area contributed by atoms with Gasteiger partial charge < -0.3 is 14.3 Å². The average Bonchev–Trinajstić information content (AvgIpc) is 3.15. The zero-order chi connectivity index (χ0) is 18.7. The average molecular weight is 378 g/mol. The van der Waals surface area contributed by atoms with Crippen molar-refractivity contribution in [3.05, 3.63) is 41.9 Å². The van der Waals surface area contributed by atoms with E-state index in [9.17, 15) is 18.3 Å². The van der Waals surface area contributed by atoms with Gasteiger partial charge in [0.25, 0.3) is 0 Å². The molecule has 1 aliphatic rings. The van der Waals surface area contributed by atoms with Crippen LogP contribution in [0.2, 0.25) is 0 Å². The molecule has 0 aliphatic heterocycles. The zero-order valence-corrected chi connectivity index (χ0v) is 15.4. The first kappa shape index (κ1) is 18.5. The van der Waals surface area contributed by atoms with Crippen molar-refractivity contribution in [3.63, 3.8) is 0 Å². The molecule has 0 bridgehead atoms. The van der Waals surface area contributed by atoms with Crippen LogP contribution in [0, 0.1) is 0 Å². The molecule has 0 unspecified atom stereocenters. The van der Waals surface area contributed by atoms with Crippen LogP contribution in [0.4, 0.5) is 0 Å². The summed E-state index contributed by atoms with van der Waals surface area (Å²) in [4.78, 5) is 11.9. The number of furan rings is 1. The molecule has 26 heavy (non-hydrogen) atoms. The van der Waals surface area contributed by atoms with E-state index < -0.39 is 21.1 Å². The number of aromatic carboxylic acids is 1. The van der Waals surface area contributed by atoms with Gasteiger partial charge in [0.2, 0.25) is 0 Å². The van der Waals surface area contributed by atoms with Gasteiger partial charge in [0, 0.05) is 11.1 Å². The lowest BCUT2D eigenvalue weighted by Crippen LogP contribution is -2.26. The van der Waals surface area contributed by atoms with Gasteiger partial charge in [0.05, 0.1) is 30.6 Å². The van der Waals surface area contributed by atoms with Crippen LogP contribution in [-0.4, -0.2) is 31.9 Å². The van der Waals surface area contributed by atoms with E-state index in [1.807, 2.05) is 0 Å². The van der Waals surface area contributed by atoms with Crippen LogP contribution in [-0.2, 0) is 15.6 Å². The molecule has 1 N–H and O–H groups in total. The fourth-order valence-corrected chi connectivity index (χ4v) is 5.56. The molecule has 0 atom stereocenters. The summed E-state index contributed by atoms with van der Waals surface area (Å²) in [5.74, 6) is -1.35. The summed E-state index contributed by atoms with van der Waals surface area (Å²) in [6.45, 7) is 0. The Kier molecular flexibility index (Phi) is 5.36. The third-order valence-corrected chi connectivity index (χ3v) is 7.11. The van der Waals surface area contributed by atoms with Crippen LogP contribution in [0.5, 0.6) is 5.75 Å². The molecular weight excluding hydrogens is 356 g/mol. The number of carboxylic acids is 1. The third kappa shape index (κ3) is 3.62. The lowest BCUT2D eigenvalue weighted by Gasteiger charge is -2.22. The first-order chi connectivity index (χ1) is 12.4. The predicted octanol–water partition coefficient (Wildman–Crippen LogP) is 3.90. The first-order valence-corrected chi connectivity index (χ1v) is 10.3. The minimum Gasteiger partial charge on any atom is -0.495 e. The number of ether oxygens (including phenoxy) is 1. The summed E-state index contributed by atoms with van der Waals surface area (Å²) < 4.78 is 36.0. The second kappa shape index (κ2) is 7.53. The van der Waals surface area contributed by atoms with Gasteiger partial charge >= 0.3 is 5.97 Å². The number of carboxylic acid groups (broad SMARTS) is 1. The van der Waals surface area contributed by atoms with Crippen molar-refractivity contribution >= 4 is 15.8 Å². The Bertz CT molecular complexity index is 877. The van der Waals surface area contributed by atoms with E-state index >= 15 is 0 Å². The summed E-state index contributed by atoms with van der Waals surface area (Å²) >= 11 is 0. The molecule has 0 spiro atoms. The van der Waals surface area contributed by atoms with Crippen molar-refractivity contribution in [1.82, 2.24) is 0 Å². The maximum absolute atomic E-state index is 12.8. The summed E-state index contributed by atoms with van der Waals surface area (Å²) in [6.07, 6.45) is 7.12. The second-order valence-electron chi connectivity index (χ2n) is 6.56. The van der Waals surface area contributed by atoms with Crippen LogP contribution >= 0.6 is 0 Å². The van der Waals surface area contributed by atoms with E-state index in [4.69, 9.17) is 9.15 Å². The Morgan fingerprint density at radius 1 is 1.23 bits per heavy atom. The molecule has 140 valence electrons. The van der Waals surface area contributed by atoms with Gasteiger partial charge in [0.15, 0.2) is 9.84 Å². The maximum atomic E-state index is 12.8. The maximum Gasteiger partial charge on any atom is 0.339 e. The highest BCUT2D eigenvalue weighted by molar-refractivity contribution is 7.91. The molecule has 1 aromatic heterocycles. The van der Waals surface area contributed by atoms with Crippen molar-refractivity contribution in [3.8, 4) is 16.9 Å². The smallest absolute Gasteiger partial charge is 0.339 e. The van der Waals surface area contributed by atoms with E-state index in [0.29, 0.717) is 24.0 Å². The van der Waals surface area contributed by atoms with Crippen molar-refractivity contribution in [2.75, 3.05) is 7.11 Å². The topological polar surface area (TPSA) is 93.8 Å². The Labute approximate surface area is 152 Å². The Morgan fingerprint density at radius 2 is 1.96 bits per heavy atom. The number of carbonyl (C=O) groups is 1. The SMILES string of the molecule is COc1c(-c2ccoc2)ccc(CS(=O)(=O)C2CCCCC2)c1C(=O)O. The van der Waals surface area contributed by atoms with Gasteiger partial charge in [-0.3, -0.25) is 0 Å². The van der Waals surface area contributed by atoms with E-state index in [0.717, 1.165) is 19.3 Å². The molecule has 7 heteroatoms. The van der Waals surface area contributed by atoms with Crippen molar-refractivity contribution in [2.24, 2.45) is 0 Å². The van der Waals surface area contributed by atoms with Crippen LogP contribution in [0.3, 0.4) is 0 Å². The molecule has 2 aromatic rings. The van der Waals surface area contributed by atoms with E-state index in [1.54, 1.807) is 18.2 Å². The molecule has 0 amide bonds. The largest absolute Gasteiger partial charge is 0.495 e. The van der Waals surface area contributed by atoms with Crippen LogP contribution in [0.25, 0.3) is 11.1 Å². The van der Waals surface area contributed by atoms with Crippen molar-refractivity contribution in [1.29, 1.82) is 0 Å². The lowest BCUT2D eigenvalue weighted by molar-refractivity contribution is 0.0692. The summed E-state index contributed by atoms with van der Waals surface area (Å²) in [5, 5.41) is 9.32. The minimum atomic E-state index is -3.42. The molecule has 0 saturated heterocycles. The molecule has 1 aliphatic carbocycles. The summed E-state index contributed by atoms with van der Waals surface area (Å²) in [6, 6.07) is 4.94. The molecule has 6 nitrogen and oxygen atoms in total. The number of methoxy groups -OCH3 is 1. The molecule has 1 fully saturated rings. The minimum absolute atomic E-state index is 0.106. The van der Waals surface area contributed by atoms with Crippen LogP contribution in [0.1, 0.15) is 48.0 Å². The van der Waals surface area contributed by atoms with Gasteiger partial charge in [-0.1, -0.05) is 31.4 Å². The Balaban J connectivity index is 2.03. The quantitative estimate of drug-likeness (QED) is 0.819. The standard InChI is InChI=1S/C19H22O6S/c1-24-18-16(13-9-10-25-11-13)8-7-14(17(18)19(20)21)12-26(22,23)15-5-3-2-4-6-15/h7-11,15H,2-6,12H2,1H3,(H,20,21). The highest BCUT2D eigenvalue weighted by atomic mass is 32.2. The fourth-order valence-electron chi connectivity index (χ4n) is 3.59. The van der Waals surface area contributed by atoms with Gasteiger partial charge in [-0.05, 0) is 24.5 Å². The van der Waals surface area contributed by atoms with Crippen LogP contribution < -0.4 is 4.74 Å². The summed E-state index contributed by atoms with van der Waals surface area (Å²) in [5.41, 5.74) is 1.38. The normalized spacial score (nSPS) is 15.7. The Hall–Kier alpha value is -2.28. The van der Waals surface area contributed by atoms with Gasteiger partial charge in [-0.15, -0.1) is 0 Å². The number of hydrogen-bond acceptors (Lipinski definition) is 5. The van der Waals surface area contributed by atoms with Crippen molar-refractivity contribution < 1.29 is 27.5 Å². The highest BCUT2D eigenvalue weighted by Gasteiger charge is 2.30. The molecular formula is C19H22O6S. The third-order valence-electron chi connectivity index (χ3n) is 4.91. The Morgan fingerprint density at radius 3 is 2.54 bits per heavy atom. The van der Waals surface area contributed by atoms with Gasteiger partial charge in [-0.25, -0.2) is 13.2 Å². The molecule has 1 aromatic carbocycles. The van der Waals surface area contributed by atoms with E-state index in [2.05, 4.69) is 0 Å². The molecule has 0 radical (unpaired) electrons. The fraction of sp³-hybridized carbons (Fsp3) is 0.421. The first-order valence-electron chi connectivity index (χ1n) is 8.61. The number of hydrogen-bond donors (Lipinski definition) is 1. The molecule has 3 rings (SSSR count). The highest BCUT2D eigenvalue weighted by Crippen LogP contribution is 2.37. The monoisotopic (exact) mass is 378 g/mol. The number of rotatable bonds is 6. The second-order valence-corrected chi connectivity index (χ2v) is 8.85. The summed E-state index contributed by atoms with van der Waals surface area (Å²) in [7, 11) is -2.04. The number of benzene rings is 1. The lowest BCUT2D eigenvalue weighted by atomic mass is 9.99. The molecule has 1 saturated carbocycles. The van der Waals surface area contributed by atoms with E-state index in [-0.39, 0.29) is 22.6 Å². The molecule has 1 heterocycles. The van der Waals surface area contributed by atoms with Gasteiger partial charge in [0.1, 0.15) is 11.3 Å². The zero-order valence-electron chi connectivity index (χ0n) is 14.6. The van der Waals surface area contributed by atoms with Gasteiger partial charge in [-0.2, -0.15) is 0 Å².